The van der Waals surface area contributed by atoms with E-state index < -0.39 is 0 Å². The fourth-order valence-corrected chi connectivity index (χ4v) is 4.46. The van der Waals surface area contributed by atoms with Gasteiger partial charge in [0.15, 0.2) is 5.76 Å². The van der Waals surface area contributed by atoms with Gasteiger partial charge in [-0.1, -0.05) is 48.6 Å². The largest absolute Gasteiger partial charge is 0.507 e. The van der Waals surface area contributed by atoms with E-state index >= 15 is 0 Å². The topological polar surface area (TPSA) is 65.9 Å². The van der Waals surface area contributed by atoms with Crippen molar-refractivity contribution >= 4 is 17.7 Å². The first-order chi connectivity index (χ1) is 16.6. The average molecular weight is 454 g/mol. The minimum atomic E-state index is -0.147. The Morgan fingerprint density at radius 3 is 2.56 bits per heavy atom. The van der Waals surface area contributed by atoms with Gasteiger partial charge in [-0.25, -0.2) is 4.98 Å². The van der Waals surface area contributed by atoms with Crippen molar-refractivity contribution in [2.24, 2.45) is 0 Å². The highest BCUT2D eigenvalue weighted by atomic mass is 16.5. The molecule has 0 unspecified atom stereocenters. The van der Waals surface area contributed by atoms with E-state index in [1.54, 1.807) is 12.1 Å². The maximum absolute atomic E-state index is 13.1. The number of Topliss-reactive ketones (excluding diaryl/α,β-unsaturated/α-hetero) is 1. The molecule has 0 atom stereocenters. The molecule has 2 aliphatic rings. The molecular weight excluding hydrogens is 426 g/mol. The molecule has 3 heterocycles. The summed E-state index contributed by atoms with van der Waals surface area (Å²) >= 11 is 0. The number of rotatable bonds is 5. The summed E-state index contributed by atoms with van der Waals surface area (Å²) in [6, 6.07) is 17.5. The Hall–Kier alpha value is -3.90. The van der Waals surface area contributed by atoms with E-state index in [0.29, 0.717) is 23.4 Å². The zero-order valence-corrected chi connectivity index (χ0v) is 19.1. The minimum Gasteiger partial charge on any atom is -0.507 e. The number of phenols is 1. The van der Waals surface area contributed by atoms with Crippen LogP contribution in [-0.4, -0.2) is 47.0 Å². The number of aryl methyl sites for hydroxylation is 1. The number of anilines is 1. The van der Waals surface area contributed by atoms with Crippen molar-refractivity contribution in [3.05, 3.63) is 101 Å². The Balaban J connectivity index is 1.33. The van der Waals surface area contributed by atoms with Gasteiger partial charge in [-0.05, 0) is 42.3 Å². The Morgan fingerprint density at radius 2 is 1.82 bits per heavy atom. The molecule has 6 heteroatoms. The first-order valence-corrected chi connectivity index (χ1v) is 11.5. The van der Waals surface area contributed by atoms with Gasteiger partial charge in [0, 0.05) is 38.9 Å². The van der Waals surface area contributed by atoms with Gasteiger partial charge >= 0.3 is 0 Å². The standard InChI is InChI=1S/C28H27N3O3/c1-20-18-23(32)22(19-30-14-16-31(17-15-30)25-12-5-6-13-29-25)28-26(20)27(33)24(34-28)11-7-10-21-8-3-2-4-9-21/h2-13,18,32H,14-17,19H2,1H3/b10-7+,24-11-. The molecule has 2 aromatic carbocycles. The summed E-state index contributed by atoms with van der Waals surface area (Å²) in [5, 5.41) is 10.7. The van der Waals surface area contributed by atoms with Gasteiger partial charge in [-0.3, -0.25) is 9.69 Å². The highest BCUT2D eigenvalue weighted by Crippen LogP contribution is 2.42. The molecule has 2 aliphatic heterocycles. The summed E-state index contributed by atoms with van der Waals surface area (Å²) in [7, 11) is 0. The van der Waals surface area contributed by atoms with Crippen LogP contribution in [0.2, 0.25) is 0 Å². The summed E-state index contributed by atoms with van der Waals surface area (Å²) in [6.45, 7) is 5.70. The van der Waals surface area contributed by atoms with Crippen molar-refractivity contribution in [3.8, 4) is 11.5 Å². The van der Waals surface area contributed by atoms with E-state index in [0.717, 1.165) is 43.1 Å². The monoisotopic (exact) mass is 453 g/mol. The van der Waals surface area contributed by atoms with Gasteiger partial charge in [-0.2, -0.15) is 0 Å². The number of fused-ring (bicyclic) bond motifs is 1. The zero-order chi connectivity index (χ0) is 23.5. The molecule has 3 aromatic rings. The lowest BCUT2D eigenvalue weighted by molar-refractivity contribution is 0.101. The first kappa shape index (κ1) is 21.9. The normalized spacial score (nSPS) is 17.4. The quantitative estimate of drug-likeness (QED) is 0.570. The molecule has 0 saturated carbocycles. The van der Waals surface area contributed by atoms with Crippen molar-refractivity contribution in [2.75, 3.05) is 31.1 Å². The van der Waals surface area contributed by atoms with E-state index in [4.69, 9.17) is 4.74 Å². The number of benzene rings is 2. The fourth-order valence-electron chi connectivity index (χ4n) is 4.46. The van der Waals surface area contributed by atoms with Crippen LogP contribution in [0.25, 0.3) is 6.08 Å². The van der Waals surface area contributed by atoms with E-state index in [2.05, 4.69) is 14.8 Å². The third-order valence-electron chi connectivity index (χ3n) is 6.28. The van der Waals surface area contributed by atoms with Gasteiger partial charge < -0.3 is 14.7 Å². The maximum atomic E-state index is 13.1. The summed E-state index contributed by atoms with van der Waals surface area (Å²) in [5.74, 6) is 1.75. The van der Waals surface area contributed by atoms with Crippen molar-refractivity contribution in [2.45, 2.75) is 13.5 Å². The summed E-state index contributed by atoms with van der Waals surface area (Å²) in [6.07, 6.45) is 7.25. The van der Waals surface area contributed by atoms with Crippen LogP contribution in [-0.2, 0) is 6.54 Å². The molecule has 0 spiro atoms. The molecule has 5 rings (SSSR count). The van der Waals surface area contributed by atoms with Crippen molar-refractivity contribution in [3.63, 3.8) is 0 Å². The summed E-state index contributed by atoms with van der Waals surface area (Å²) in [4.78, 5) is 22.1. The number of hydrogen-bond donors (Lipinski definition) is 1. The van der Waals surface area contributed by atoms with Crippen LogP contribution in [0.3, 0.4) is 0 Å². The Bertz CT molecular complexity index is 1240. The number of ether oxygens (including phenoxy) is 1. The Kier molecular flexibility index (Phi) is 6.14. The molecular formula is C28H27N3O3. The third kappa shape index (κ3) is 4.45. The van der Waals surface area contributed by atoms with Crippen molar-refractivity contribution in [1.29, 1.82) is 0 Å². The van der Waals surface area contributed by atoms with Crippen LogP contribution in [0.15, 0.2) is 78.7 Å². The Morgan fingerprint density at radius 1 is 1.06 bits per heavy atom. The minimum absolute atomic E-state index is 0.147. The lowest BCUT2D eigenvalue weighted by Gasteiger charge is -2.35. The van der Waals surface area contributed by atoms with Crippen LogP contribution in [0, 0.1) is 6.92 Å². The molecule has 1 fully saturated rings. The lowest BCUT2D eigenvalue weighted by atomic mass is 9.99. The zero-order valence-electron chi connectivity index (χ0n) is 19.1. The van der Waals surface area contributed by atoms with Crippen LogP contribution in [0.4, 0.5) is 5.82 Å². The maximum Gasteiger partial charge on any atom is 0.232 e. The SMILES string of the molecule is Cc1cc(O)c(CN2CCN(c3ccccn3)CC2)c2c1C(=O)/C(=C/C=C/c1ccccc1)O2. The highest BCUT2D eigenvalue weighted by molar-refractivity contribution is 6.14. The average Bonchev–Trinajstić information content (AvgIpc) is 3.20. The highest BCUT2D eigenvalue weighted by Gasteiger charge is 2.33. The van der Waals surface area contributed by atoms with Crippen LogP contribution < -0.4 is 9.64 Å². The number of phenolic OH excluding ortho intramolecular Hbond substituents is 1. The second kappa shape index (κ2) is 9.53. The van der Waals surface area contributed by atoms with Gasteiger partial charge in [0.05, 0.1) is 11.1 Å². The molecule has 0 amide bonds. The molecule has 34 heavy (non-hydrogen) atoms. The van der Waals surface area contributed by atoms with Crippen LogP contribution in [0.1, 0.15) is 27.0 Å². The molecule has 0 radical (unpaired) electrons. The number of ketones is 1. The van der Waals surface area contributed by atoms with Gasteiger partial charge in [-0.15, -0.1) is 0 Å². The number of allylic oxidation sites excluding steroid dienone is 3. The number of hydrogen-bond acceptors (Lipinski definition) is 6. The van der Waals surface area contributed by atoms with Gasteiger partial charge in [0.1, 0.15) is 17.3 Å². The number of aromatic nitrogens is 1. The predicted molar refractivity (Wildman–Crippen MR) is 133 cm³/mol. The van der Waals surface area contributed by atoms with Crippen molar-refractivity contribution in [1.82, 2.24) is 9.88 Å². The fraction of sp³-hybridized carbons (Fsp3) is 0.214. The molecule has 1 saturated heterocycles. The number of pyridine rings is 1. The predicted octanol–water partition coefficient (Wildman–Crippen LogP) is 4.59. The van der Waals surface area contributed by atoms with E-state index in [-0.39, 0.29) is 17.3 Å². The summed E-state index contributed by atoms with van der Waals surface area (Å²) < 4.78 is 6.04. The summed E-state index contributed by atoms with van der Waals surface area (Å²) in [5.41, 5.74) is 2.97. The molecule has 6 nitrogen and oxygen atoms in total. The second-order valence-corrected chi connectivity index (χ2v) is 8.58. The molecule has 172 valence electrons. The third-order valence-corrected chi connectivity index (χ3v) is 6.28. The second-order valence-electron chi connectivity index (χ2n) is 8.58. The molecule has 0 aliphatic carbocycles. The molecule has 1 N–H and O–H groups in total. The van der Waals surface area contributed by atoms with E-state index in [1.165, 1.54) is 0 Å². The first-order valence-electron chi connectivity index (χ1n) is 11.5. The van der Waals surface area contributed by atoms with E-state index in [9.17, 15) is 9.90 Å². The number of carbonyl (C=O) groups excluding carboxylic acids is 1. The molecule has 1 aromatic heterocycles. The van der Waals surface area contributed by atoms with Gasteiger partial charge in [0.25, 0.3) is 0 Å². The number of carbonyl (C=O) groups is 1. The van der Waals surface area contributed by atoms with Crippen LogP contribution in [0.5, 0.6) is 11.5 Å². The lowest BCUT2D eigenvalue weighted by Crippen LogP contribution is -2.46. The van der Waals surface area contributed by atoms with Gasteiger partial charge in [0.2, 0.25) is 5.78 Å². The number of aromatic hydroxyl groups is 1. The van der Waals surface area contributed by atoms with E-state index in [1.807, 2.05) is 73.8 Å². The number of piperazine rings is 1. The molecule has 0 bridgehead atoms. The smallest absolute Gasteiger partial charge is 0.232 e. The van der Waals surface area contributed by atoms with Crippen molar-refractivity contribution < 1.29 is 14.6 Å². The number of nitrogens with zero attached hydrogens (tertiary/aromatic N) is 3. The Labute approximate surface area is 199 Å². The van der Waals surface area contributed by atoms with Crippen LogP contribution >= 0.6 is 0 Å².